The molecule has 0 aliphatic carbocycles. The minimum Gasteiger partial charge on any atom is -0.455 e. The second-order valence-corrected chi connectivity index (χ2v) is 14.7. The van der Waals surface area contributed by atoms with Crippen LogP contribution >= 0.6 is 11.3 Å². The molecule has 0 aliphatic heterocycles. The number of hydrogen-bond donors (Lipinski definition) is 0. The Bertz CT molecular complexity index is 3180. The molecular weight excluding hydrogens is 663 g/mol. The van der Waals surface area contributed by atoms with E-state index in [-0.39, 0.29) is 0 Å². The van der Waals surface area contributed by atoms with Crippen molar-refractivity contribution in [1.82, 2.24) is 0 Å². The van der Waals surface area contributed by atoms with E-state index in [0.29, 0.717) is 0 Å². The van der Waals surface area contributed by atoms with E-state index in [9.17, 15) is 0 Å². The summed E-state index contributed by atoms with van der Waals surface area (Å²) in [6.45, 7) is 0. The van der Waals surface area contributed by atoms with Crippen molar-refractivity contribution in [1.29, 1.82) is 0 Å². The van der Waals surface area contributed by atoms with Gasteiger partial charge >= 0.3 is 0 Å². The van der Waals surface area contributed by atoms with Gasteiger partial charge in [-0.15, -0.1) is 11.3 Å². The molecule has 248 valence electrons. The lowest BCUT2D eigenvalue weighted by molar-refractivity contribution is 0.672. The van der Waals surface area contributed by atoms with Crippen LogP contribution in [0.2, 0.25) is 0 Å². The highest BCUT2D eigenvalue weighted by Crippen LogP contribution is 2.46. The molecule has 9 aromatic carbocycles. The molecule has 0 unspecified atom stereocenters. The van der Waals surface area contributed by atoms with Gasteiger partial charge < -0.3 is 9.32 Å². The standard InChI is InChI=1S/C50H31NOS/c1-3-14-37-32(11-1)13-9-21-46(37)51(36-27-23-34(24-28-36)40-18-10-19-43-41-17-6-8-22-48(41)53-50(40)43)45-20-7-5-15-38(45)35-26-30-47-44(31-35)42-29-25-33-12-2-4-16-39(33)49(42)52-47/h1-31H. The second-order valence-electron chi connectivity index (χ2n) is 13.7. The lowest BCUT2D eigenvalue weighted by Crippen LogP contribution is -2.11. The molecule has 0 aliphatic rings. The van der Waals surface area contributed by atoms with Crippen LogP contribution in [0.4, 0.5) is 17.1 Å². The average molecular weight is 694 g/mol. The monoisotopic (exact) mass is 693 g/mol. The van der Waals surface area contributed by atoms with E-state index in [2.05, 4.69) is 193 Å². The second kappa shape index (κ2) is 11.9. The summed E-state index contributed by atoms with van der Waals surface area (Å²) in [4.78, 5) is 2.42. The van der Waals surface area contributed by atoms with Crippen molar-refractivity contribution < 1.29 is 4.42 Å². The first-order valence-corrected chi connectivity index (χ1v) is 18.8. The number of anilines is 3. The number of nitrogens with zero attached hydrogens (tertiary/aromatic N) is 1. The topological polar surface area (TPSA) is 16.4 Å². The Morgan fingerprint density at radius 2 is 1.04 bits per heavy atom. The van der Waals surface area contributed by atoms with Crippen LogP contribution in [0.1, 0.15) is 0 Å². The maximum atomic E-state index is 6.50. The van der Waals surface area contributed by atoms with Gasteiger partial charge in [0.25, 0.3) is 0 Å². The Kier molecular flexibility index (Phi) is 6.76. The number of furan rings is 1. The first-order valence-electron chi connectivity index (χ1n) is 18.0. The van der Waals surface area contributed by atoms with Gasteiger partial charge in [-0.1, -0.05) is 140 Å². The van der Waals surface area contributed by atoms with E-state index in [4.69, 9.17) is 4.42 Å². The molecule has 53 heavy (non-hydrogen) atoms. The van der Waals surface area contributed by atoms with Gasteiger partial charge in [0, 0.05) is 53.0 Å². The van der Waals surface area contributed by atoms with Crippen LogP contribution in [0.3, 0.4) is 0 Å². The fourth-order valence-electron chi connectivity index (χ4n) is 8.16. The van der Waals surface area contributed by atoms with Crippen molar-refractivity contribution >= 4 is 92.1 Å². The zero-order valence-electron chi connectivity index (χ0n) is 28.7. The number of para-hydroxylation sites is 1. The Morgan fingerprint density at radius 1 is 0.396 bits per heavy atom. The predicted octanol–water partition coefficient (Wildman–Crippen LogP) is 15.1. The number of fused-ring (bicyclic) bond motifs is 9. The minimum atomic E-state index is 0.896. The summed E-state index contributed by atoms with van der Waals surface area (Å²) in [5.74, 6) is 0. The molecule has 0 saturated carbocycles. The van der Waals surface area contributed by atoms with Crippen LogP contribution < -0.4 is 4.90 Å². The summed E-state index contributed by atoms with van der Waals surface area (Å²) >= 11 is 1.87. The van der Waals surface area contributed by atoms with E-state index in [1.807, 2.05) is 11.3 Å². The third kappa shape index (κ3) is 4.78. The molecule has 0 atom stereocenters. The zero-order valence-corrected chi connectivity index (χ0v) is 29.5. The third-order valence-electron chi connectivity index (χ3n) is 10.7. The molecular formula is C50H31NOS. The molecule has 2 aromatic heterocycles. The predicted molar refractivity (Wildman–Crippen MR) is 227 cm³/mol. The highest BCUT2D eigenvalue weighted by molar-refractivity contribution is 7.26. The van der Waals surface area contributed by atoms with Gasteiger partial charge in [-0.05, 0) is 76.0 Å². The Morgan fingerprint density at radius 3 is 1.92 bits per heavy atom. The summed E-state index contributed by atoms with van der Waals surface area (Å²) in [6.07, 6.45) is 0. The lowest BCUT2D eigenvalue weighted by atomic mass is 9.98. The number of thiophene rings is 1. The van der Waals surface area contributed by atoms with E-state index in [1.54, 1.807) is 0 Å². The van der Waals surface area contributed by atoms with Crippen molar-refractivity contribution in [2.45, 2.75) is 0 Å². The van der Waals surface area contributed by atoms with E-state index in [0.717, 1.165) is 55.5 Å². The smallest absolute Gasteiger partial charge is 0.143 e. The van der Waals surface area contributed by atoms with Crippen molar-refractivity contribution in [3.63, 3.8) is 0 Å². The molecule has 0 N–H and O–H groups in total. The molecule has 0 saturated heterocycles. The largest absolute Gasteiger partial charge is 0.455 e. The van der Waals surface area contributed by atoms with E-state index < -0.39 is 0 Å². The Hall–Kier alpha value is -6.68. The van der Waals surface area contributed by atoms with Crippen molar-refractivity contribution in [3.05, 3.63) is 188 Å². The van der Waals surface area contributed by atoms with Crippen LogP contribution in [0.25, 0.3) is 85.9 Å². The normalized spacial score (nSPS) is 11.8. The molecule has 0 spiro atoms. The van der Waals surface area contributed by atoms with Gasteiger partial charge in [-0.3, -0.25) is 0 Å². The SMILES string of the molecule is c1ccc(N(c2ccc(-c3cccc4c3sc3ccccc34)cc2)c2cccc3ccccc23)c(-c2ccc3oc4c5ccccc5ccc4c3c2)c1. The van der Waals surface area contributed by atoms with Gasteiger partial charge in [0.05, 0.1) is 11.4 Å². The van der Waals surface area contributed by atoms with Gasteiger partial charge in [0.2, 0.25) is 0 Å². The fourth-order valence-corrected chi connectivity index (χ4v) is 9.40. The number of rotatable bonds is 5. The minimum absolute atomic E-state index is 0.896. The van der Waals surface area contributed by atoms with Gasteiger partial charge in [-0.25, -0.2) is 0 Å². The lowest BCUT2D eigenvalue weighted by Gasteiger charge is -2.29. The van der Waals surface area contributed by atoms with E-state index in [1.165, 1.54) is 47.5 Å². The van der Waals surface area contributed by atoms with Crippen LogP contribution in [0.15, 0.2) is 192 Å². The molecule has 0 amide bonds. The van der Waals surface area contributed by atoms with Crippen molar-refractivity contribution in [2.75, 3.05) is 4.90 Å². The summed E-state index contributed by atoms with van der Waals surface area (Å²) < 4.78 is 9.15. The van der Waals surface area contributed by atoms with Crippen molar-refractivity contribution in [2.24, 2.45) is 0 Å². The van der Waals surface area contributed by atoms with Crippen LogP contribution in [0, 0.1) is 0 Å². The van der Waals surface area contributed by atoms with Crippen LogP contribution in [0.5, 0.6) is 0 Å². The van der Waals surface area contributed by atoms with Gasteiger partial charge in [0.15, 0.2) is 0 Å². The zero-order chi connectivity index (χ0) is 34.9. The van der Waals surface area contributed by atoms with Crippen LogP contribution in [-0.4, -0.2) is 0 Å². The maximum absolute atomic E-state index is 6.50. The van der Waals surface area contributed by atoms with E-state index >= 15 is 0 Å². The Balaban J connectivity index is 1.09. The van der Waals surface area contributed by atoms with Gasteiger partial charge in [0.1, 0.15) is 11.2 Å². The number of benzene rings is 9. The molecule has 2 nitrogen and oxygen atoms in total. The first kappa shape index (κ1) is 30.0. The quantitative estimate of drug-likeness (QED) is 0.178. The maximum Gasteiger partial charge on any atom is 0.143 e. The molecule has 2 heterocycles. The molecule has 0 bridgehead atoms. The Labute approximate surface area is 310 Å². The summed E-state index contributed by atoms with van der Waals surface area (Å²) in [5.41, 5.74) is 9.95. The fraction of sp³-hybridized carbons (Fsp3) is 0. The molecule has 11 rings (SSSR count). The number of hydrogen-bond acceptors (Lipinski definition) is 3. The van der Waals surface area contributed by atoms with Gasteiger partial charge in [-0.2, -0.15) is 0 Å². The summed E-state index contributed by atoms with van der Waals surface area (Å²) in [5, 5.41) is 9.61. The highest BCUT2D eigenvalue weighted by atomic mass is 32.1. The highest BCUT2D eigenvalue weighted by Gasteiger charge is 2.21. The molecule has 11 aromatic rings. The van der Waals surface area contributed by atoms with Crippen LogP contribution in [-0.2, 0) is 0 Å². The average Bonchev–Trinajstić information content (AvgIpc) is 3.80. The van der Waals surface area contributed by atoms with Crippen molar-refractivity contribution in [3.8, 4) is 22.3 Å². The summed E-state index contributed by atoms with van der Waals surface area (Å²) in [7, 11) is 0. The third-order valence-corrected chi connectivity index (χ3v) is 11.9. The molecule has 0 fully saturated rings. The summed E-state index contributed by atoms with van der Waals surface area (Å²) in [6, 6.07) is 68.0. The molecule has 3 heteroatoms. The molecule has 0 radical (unpaired) electrons. The first-order chi connectivity index (χ1) is 26.3.